The number of likely N-dealkylation sites (N-methyl/N-ethyl adjacent to an activating group) is 1. The smallest absolute Gasteiger partial charge is 0.266 e. The van der Waals surface area contributed by atoms with Gasteiger partial charge >= 0.3 is 0 Å². The third-order valence-corrected chi connectivity index (χ3v) is 6.32. The third kappa shape index (κ3) is 5.22. The summed E-state index contributed by atoms with van der Waals surface area (Å²) in [6, 6.07) is 20.4. The summed E-state index contributed by atoms with van der Waals surface area (Å²) in [5, 5.41) is 3.16. The van der Waals surface area contributed by atoms with Crippen LogP contribution in [0, 0.1) is 0 Å². The highest BCUT2D eigenvalue weighted by molar-refractivity contribution is 8.18. The molecule has 0 aromatic heterocycles. The molecule has 3 aromatic carbocycles. The average Bonchev–Trinajstić information content (AvgIpc) is 3.12. The molecule has 0 unspecified atom stereocenters. The standard InChI is InChI=1S/C27H28N2O3S/c1-4-28-27-29(5-2)26(30)25(33-27)17-19-12-14-23(24(16-19)31-6-3)32-18-20-11-13-21-9-7-8-10-22(21)15-20/h7-17H,4-6,18H2,1-3H3/b25-17-,28-27?. The van der Waals surface area contributed by atoms with Crippen LogP contribution in [0.15, 0.2) is 70.6 Å². The molecule has 0 bridgehead atoms. The number of rotatable bonds is 8. The lowest BCUT2D eigenvalue weighted by Crippen LogP contribution is -2.28. The van der Waals surface area contributed by atoms with Crippen molar-refractivity contribution in [3.63, 3.8) is 0 Å². The molecular formula is C27H28N2O3S. The van der Waals surface area contributed by atoms with Gasteiger partial charge in [-0.1, -0.05) is 42.5 Å². The molecule has 0 N–H and O–H groups in total. The van der Waals surface area contributed by atoms with Crippen molar-refractivity contribution in [3.8, 4) is 11.5 Å². The van der Waals surface area contributed by atoms with E-state index < -0.39 is 0 Å². The van der Waals surface area contributed by atoms with Crippen LogP contribution in [-0.2, 0) is 11.4 Å². The topological polar surface area (TPSA) is 51.1 Å². The molecule has 4 rings (SSSR count). The van der Waals surface area contributed by atoms with Crippen LogP contribution in [0.2, 0.25) is 0 Å². The number of amidine groups is 1. The Morgan fingerprint density at radius 2 is 1.76 bits per heavy atom. The first-order valence-electron chi connectivity index (χ1n) is 11.3. The van der Waals surface area contributed by atoms with E-state index in [-0.39, 0.29) is 5.91 Å². The Labute approximate surface area is 199 Å². The van der Waals surface area contributed by atoms with E-state index in [2.05, 4.69) is 35.3 Å². The van der Waals surface area contributed by atoms with E-state index in [4.69, 9.17) is 9.47 Å². The third-order valence-electron chi connectivity index (χ3n) is 5.27. The van der Waals surface area contributed by atoms with Crippen LogP contribution < -0.4 is 9.47 Å². The van der Waals surface area contributed by atoms with Gasteiger partial charge in [0.25, 0.3) is 5.91 Å². The van der Waals surface area contributed by atoms with Crippen LogP contribution in [0.5, 0.6) is 11.5 Å². The van der Waals surface area contributed by atoms with E-state index in [0.717, 1.165) is 16.3 Å². The molecule has 0 atom stereocenters. The molecule has 0 radical (unpaired) electrons. The molecular weight excluding hydrogens is 432 g/mol. The van der Waals surface area contributed by atoms with Crippen LogP contribution in [0.25, 0.3) is 16.8 Å². The Morgan fingerprint density at radius 1 is 0.939 bits per heavy atom. The number of hydrogen-bond acceptors (Lipinski definition) is 5. The molecule has 1 aliphatic rings. The van der Waals surface area contributed by atoms with Crippen molar-refractivity contribution < 1.29 is 14.3 Å². The number of carbonyl (C=O) groups excluding carboxylic acids is 1. The van der Waals surface area contributed by atoms with Crippen LogP contribution in [0.4, 0.5) is 0 Å². The predicted molar refractivity (Wildman–Crippen MR) is 137 cm³/mol. The van der Waals surface area contributed by atoms with Crippen molar-refractivity contribution >= 4 is 39.7 Å². The van der Waals surface area contributed by atoms with Gasteiger partial charge < -0.3 is 9.47 Å². The summed E-state index contributed by atoms with van der Waals surface area (Å²) >= 11 is 1.42. The van der Waals surface area contributed by atoms with Crippen LogP contribution in [0.3, 0.4) is 0 Å². The monoisotopic (exact) mass is 460 g/mol. The maximum absolute atomic E-state index is 12.8. The van der Waals surface area contributed by atoms with Gasteiger partial charge in [-0.25, -0.2) is 0 Å². The number of benzene rings is 3. The van der Waals surface area contributed by atoms with Gasteiger partial charge in [0, 0.05) is 13.1 Å². The number of fused-ring (bicyclic) bond motifs is 1. The molecule has 0 spiro atoms. The molecule has 170 valence electrons. The van der Waals surface area contributed by atoms with Gasteiger partial charge in [0.2, 0.25) is 0 Å². The Hall–Kier alpha value is -3.25. The lowest BCUT2D eigenvalue weighted by molar-refractivity contribution is -0.122. The molecule has 1 fully saturated rings. The molecule has 1 amide bonds. The lowest BCUT2D eigenvalue weighted by Gasteiger charge is -2.13. The van der Waals surface area contributed by atoms with E-state index in [1.807, 2.05) is 57.2 Å². The highest BCUT2D eigenvalue weighted by Gasteiger charge is 2.31. The van der Waals surface area contributed by atoms with Crippen molar-refractivity contribution in [2.24, 2.45) is 4.99 Å². The van der Waals surface area contributed by atoms with Crippen LogP contribution >= 0.6 is 11.8 Å². The van der Waals surface area contributed by atoms with Crippen molar-refractivity contribution in [1.82, 2.24) is 4.90 Å². The second-order valence-electron chi connectivity index (χ2n) is 7.53. The fourth-order valence-electron chi connectivity index (χ4n) is 3.68. The highest BCUT2D eigenvalue weighted by Crippen LogP contribution is 2.35. The second kappa shape index (κ2) is 10.6. The first-order chi connectivity index (χ1) is 16.1. The maximum atomic E-state index is 12.8. The van der Waals surface area contributed by atoms with Crippen LogP contribution in [-0.4, -0.2) is 35.7 Å². The molecule has 1 heterocycles. The number of aliphatic imine (C=N–C) groups is 1. The van der Waals surface area contributed by atoms with E-state index in [9.17, 15) is 4.79 Å². The first-order valence-corrected chi connectivity index (χ1v) is 12.1. The highest BCUT2D eigenvalue weighted by atomic mass is 32.2. The Balaban J connectivity index is 1.54. The predicted octanol–water partition coefficient (Wildman–Crippen LogP) is 6.13. The summed E-state index contributed by atoms with van der Waals surface area (Å²) in [6.45, 7) is 8.10. The largest absolute Gasteiger partial charge is 0.490 e. The zero-order valence-corrected chi connectivity index (χ0v) is 20.0. The Kier molecular flexibility index (Phi) is 7.35. The van der Waals surface area contributed by atoms with Gasteiger partial charge in [0.05, 0.1) is 11.5 Å². The number of nitrogens with zero attached hydrogens (tertiary/aromatic N) is 2. The number of carbonyl (C=O) groups is 1. The van der Waals surface area contributed by atoms with E-state index in [0.29, 0.717) is 42.7 Å². The van der Waals surface area contributed by atoms with E-state index in [1.165, 1.54) is 22.5 Å². The maximum Gasteiger partial charge on any atom is 0.266 e. The molecule has 6 heteroatoms. The van der Waals surface area contributed by atoms with Gasteiger partial charge in [-0.15, -0.1) is 0 Å². The molecule has 1 aliphatic heterocycles. The fraction of sp³-hybridized carbons (Fsp3) is 0.259. The molecule has 1 saturated heterocycles. The van der Waals surface area contributed by atoms with Crippen molar-refractivity contribution in [2.75, 3.05) is 19.7 Å². The normalized spacial score (nSPS) is 16.2. The summed E-state index contributed by atoms with van der Waals surface area (Å²) in [5.74, 6) is 1.34. The summed E-state index contributed by atoms with van der Waals surface area (Å²) in [6.07, 6.45) is 1.89. The average molecular weight is 461 g/mol. The fourth-order valence-corrected chi connectivity index (χ4v) is 4.79. The Bertz CT molecular complexity index is 1220. The minimum absolute atomic E-state index is 0.00992. The Morgan fingerprint density at radius 3 is 2.52 bits per heavy atom. The van der Waals surface area contributed by atoms with Gasteiger partial charge in [-0.2, -0.15) is 0 Å². The summed E-state index contributed by atoms with van der Waals surface area (Å²) in [5.41, 5.74) is 1.99. The second-order valence-corrected chi connectivity index (χ2v) is 8.54. The van der Waals surface area contributed by atoms with Crippen molar-refractivity contribution in [2.45, 2.75) is 27.4 Å². The van der Waals surface area contributed by atoms with Gasteiger partial charge in [0.1, 0.15) is 6.61 Å². The van der Waals surface area contributed by atoms with Crippen molar-refractivity contribution in [1.29, 1.82) is 0 Å². The lowest BCUT2D eigenvalue weighted by atomic mass is 10.1. The summed E-state index contributed by atoms with van der Waals surface area (Å²) in [4.78, 5) is 19.6. The molecule has 0 saturated carbocycles. The molecule has 5 nitrogen and oxygen atoms in total. The SMILES string of the molecule is CCN=C1S/C(=C\c2ccc(OCc3ccc4ccccc4c3)c(OCC)c2)C(=O)N1CC. The van der Waals surface area contributed by atoms with E-state index >= 15 is 0 Å². The number of thioether (sulfide) groups is 1. The van der Waals surface area contributed by atoms with Crippen molar-refractivity contribution in [3.05, 3.63) is 76.7 Å². The van der Waals surface area contributed by atoms with Gasteiger partial charge in [-0.05, 0) is 78.7 Å². The first kappa shape index (κ1) is 22.9. The molecule has 0 aliphatic carbocycles. The summed E-state index contributed by atoms with van der Waals surface area (Å²) in [7, 11) is 0. The molecule has 33 heavy (non-hydrogen) atoms. The number of ether oxygens (including phenoxy) is 2. The van der Waals surface area contributed by atoms with E-state index in [1.54, 1.807) is 4.90 Å². The zero-order valence-electron chi connectivity index (χ0n) is 19.2. The van der Waals surface area contributed by atoms with Gasteiger partial charge in [-0.3, -0.25) is 14.7 Å². The zero-order chi connectivity index (χ0) is 23.2. The minimum atomic E-state index is -0.00992. The number of amides is 1. The molecule has 3 aromatic rings. The van der Waals surface area contributed by atoms with Crippen LogP contribution in [0.1, 0.15) is 31.9 Å². The van der Waals surface area contributed by atoms with Gasteiger partial charge in [0.15, 0.2) is 16.7 Å². The quantitative estimate of drug-likeness (QED) is 0.380. The summed E-state index contributed by atoms with van der Waals surface area (Å²) < 4.78 is 12.0. The minimum Gasteiger partial charge on any atom is -0.490 e. The number of hydrogen-bond donors (Lipinski definition) is 0.